The van der Waals surface area contributed by atoms with Crippen molar-refractivity contribution in [2.45, 2.75) is 65.3 Å². The Morgan fingerprint density at radius 2 is 2.00 bits per heavy atom. The number of rotatable bonds is 6. The molecule has 0 radical (unpaired) electrons. The van der Waals surface area contributed by atoms with Crippen molar-refractivity contribution in [1.29, 1.82) is 0 Å². The zero-order valence-corrected chi connectivity index (χ0v) is 17.1. The van der Waals surface area contributed by atoms with Gasteiger partial charge in [-0.2, -0.15) is 8.42 Å². The quantitative estimate of drug-likeness (QED) is 0.523. The highest BCUT2D eigenvalue weighted by Crippen LogP contribution is 2.34. The Balaban J connectivity index is 2.96. The largest absolute Gasteiger partial charge is 0.444 e. The SMILES string of the molecule is CC=CC(CCOS(C)(=O)=O)[C@H]1COC(C)(C)N1C(=O)OC(C)(C)C. The van der Waals surface area contributed by atoms with Crippen molar-refractivity contribution in [2.24, 2.45) is 5.92 Å². The van der Waals surface area contributed by atoms with Crippen molar-refractivity contribution in [3.8, 4) is 0 Å². The molecule has 1 amide bonds. The van der Waals surface area contributed by atoms with Crippen LogP contribution in [-0.2, 0) is 23.8 Å². The van der Waals surface area contributed by atoms with Crippen LogP contribution >= 0.6 is 0 Å². The Bertz CT molecular complexity index is 591. The van der Waals surface area contributed by atoms with Crippen LogP contribution in [0, 0.1) is 5.92 Å². The fourth-order valence-electron chi connectivity index (χ4n) is 2.81. The Kier molecular flexibility index (Phi) is 7.06. The van der Waals surface area contributed by atoms with Gasteiger partial charge in [-0.05, 0) is 48.0 Å². The van der Waals surface area contributed by atoms with Crippen LogP contribution in [0.4, 0.5) is 4.79 Å². The number of allylic oxidation sites excluding steroid dienone is 1. The van der Waals surface area contributed by atoms with Crippen molar-refractivity contribution in [2.75, 3.05) is 19.5 Å². The maximum atomic E-state index is 12.7. The van der Waals surface area contributed by atoms with E-state index in [2.05, 4.69) is 0 Å². The molecule has 8 heteroatoms. The lowest BCUT2D eigenvalue weighted by Gasteiger charge is -2.37. The molecule has 1 rings (SSSR count). The Morgan fingerprint density at radius 3 is 2.48 bits per heavy atom. The minimum Gasteiger partial charge on any atom is -0.444 e. The van der Waals surface area contributed by atoms with Crippen LogP contribution in [0.5, 0.6) is 0 Å². The monoisotopic (exact) mass is 377 g/mol. The van der Waals surface area contributed by atoms with Gasteiger partial charge >= 0.3 is 6.09 Å². The molecule has 0 N–H and O–H groups in total. The first kappa shape index (κ1) is 21.9. The first-order valence-corrected chi connectivity index (χ1v) is 10.2. The summed E-state index contributed by atoms with van der Waals surface area (Å²) in [6.45, 7) is 11.3. The van der Waals surface area contributed by atoms with Crippen LogP contribution in [0.15, 0.2) is 12.2 Å². The van der Waals surface area contributed by atoms with E-state index in [4.69, 9.17) is 13.7 Å². The van der Waals surface area contributed by atoms with E-state index in [0.29, 0.717) is 13.0 Å². The number of carbonyl (C=O) groups is 1. The van der Waals surface area contributed by atoms with Gasteiger partial charge in [-0.15, -0.1) is 0 Å². The molecule has 1 fully saturated rings. The summed E-state index contributed by atoms with van der Waals surface area (Å²) in [5.74, 6) is -0.110. The number of hydrogen-bond acceptors (Lipinski definition) is 6. The Morgan fingerprint density at radius 1 is 1.40 bits per heavy atom. The second-order valence-corrected chi connectivity index (χ2v) is 9.32. The third kappa shape index (κ3) is 6.95. The van der Waals surface area contributed by atoms with Gasteiger partial charge in [0.05, 0.1) is 25.5 Å². The molecule has 1 aliphatic heterocycles. The van der Waals surface area contributed by atoms with Crippen LogP contribution in [0.2, 0.25) is 0 Å². The molecule has 0 aromatic rings. The third-order valence-electron chi connectivity index (χ3n) is 3.79. The molecule has 1 saturated heterocycles. The average molecular weight is 378 g/mol. The predicted octanol–water partition coefficient (Wildman–Crippen LogP) is 2.92. The highest BCUT2D eigenvalue weighted by molar-refractivity contribution is 7.85. The summed E-state index contributed by atoms with van der Waals surface area (Å²) < 4.78 is 38.5. The zero-order valence-electron chi connectivity index (χ0n) is 16.2. The first-order chi connectivity index (χ1) is 11.3. The van der Waals surface area contributed by atoms with E-state index in [1.54, 1.807) is 4.90 Å². The maximum Gasteiger partial charge on any atom is 0.412 e. The molecule has 1 aliphatic rings. The van der Waals surface area contributed by atoms with E-state index in [-0.39, 0.29) is 18.6 Å². The fourth-order valence-corrected chi connectivity index (χ4v) is 3.21. The number of hydrogen-bond donors (Lipinski definition) is 0. The molecule has 0 aromatic heterocycles. The zero-order chi connectivity index (χ0) is 19.5. The molecule has 1 unspecified atom stereocenters. The van der Waals surface area contributed by atoms with Crippen molar-refractivity contribution in [1.82, 2.24) is 4.90 Å². The van der Waals surface area contributed by atoms with Crippen LogP contribution < -0.4 is 0 Å². The van der Waals surface area contributed by atoms with E-state index < -0.39 is 27.5 Å². The van der Waals surface area contributed by atoms with Crippen molar-refractivity contribution < 1.29 is 26.9 Å². The van der Waals surface area contributed by atoms with Gasteiger partial charge in [-0.3, -0.25) is 9.08 Å². The summed E-state index contributed by atoms with van der Waals surface area (Å²) in [6, 6.07) is -0.260. The van der Waals surface area contributed by atoms with Gasteiger partial charge < -0.3 is 9.47 Å². The van der Waals surface area contributed by atoms with Crippen molar-refractivity contribution in [3.63, 3.8) is 0 Å². The van der Waals surface area contributed by atoms with Crippen LogP contribution in [0.1, 0.15) is 48.0 Å². The molecule has 0 saturated carbocycles. The van der Waals surface area contributed by atoms with Gasteiger partial charge in [0, 0.05) is 5.92 Å². The standard InChI is InChI=1S/C17H31NO6S/c1-8-9-13(10-11-23-25(7,20)21)14-12-22-17(5,6)18(14)15(19)24-16(2,3)4/h8-9,13-14H,10-12H2,1-7H3/t13?,14-/m1/s1. The number of amides is 1. The molecule has 0 bridgehead atoms. The number of ether oxygens (including phenoxy) is 2. The molecule has 2 atom stereocenters. The summed E-state index contributed by atoms with van der Waals surface area (Å²) in [5.41, 5.74) is -1.42. The van der Waals surface area contributed by atoms with E-state index in [1.807, 2.05) is 53.7 Å². The molecule has 7 nitrogen and oxygen atoms in total. The Hall–Kier alpha value is -1.12. The molecule has 0 spiro atoms. The Labute approximate surface area is 151 Å². The van der Waals surface area contributed by atoms with E-state index >= 15 is 0 Å². The van der Waals surface area contributed by atoms with Crippen molar-refractivity contribution in [3.05, 3.63) is 12.2 Å². The second-order valence-electron chi connectivity index (χ2n) is 7.68. The average Bonchev–Trinajstić information content (AvgIpc) is 2.70. The van der Waals surface area contributed by atoms with Gasteiger partial charge in [0.25, 0.3) is 10.1 Å². The lowest BCUT2D eigenvalue weighted by Crippen LogP contribution is -2.51. The minimum absolute atomic E-state index is 0.0485. The topological polar surface area (TPSA) is 82.1 Å². The fraction of sp³-hybridized carbons (Fsp3) is 0.824. The van der Waals surface area contributed by atoms with Crippen LogP contribution in [0.3, 0.4) is 0 Å². The maximum absolute atomic E-state index is 12.7. The van der Waals surface area contributed by atoms with Crippen LogP contribution in [-0.4, -0.2) is 56.2 Å². The normalized spacial score (nSPS) is 22.4. The van der Waals surface area contributed by atoms with E-state index in [0.717, 1.165) is 6.26 Å². The molecular formula is C17H31NO6S. The summed E-state index contributed by atoms with van der Waals surface area (Å²) in [5, 5.41) is 0. The van der Waals surface area contributed by atoms with Gasteiger partial charge in [0.15, 0.2) is 0 Å². The molecule has 0 aromatic carbocycles. The molecule has 146 valence electrons. The number of carbonyl (C=O) groups excluding carboxylic acids is 1. The summed E-state index contributed by atoms with van der Waals surface area (Å²) in [6.07, 6.45) is 4.84. The lowest BCUT2D eigenvalue weighted by molar-refractivity contribution is -0.0640. The van der Waals surface area contributed by atoms with Crippen LogP contribution in [0.25, 0.3) is 0 Å². The van der Waals surface area contributed by atoms with Gasteiger partial charge in [0.2, 0.25) is 0 Å². The first-order valence-electron chi connectivity index (χ1n) is 8.40. The summed E-state index contributed by atoms with van der Waals surface area (Å²) >= 11 is 0. The van der Waals surface area contributed by atoms with Gasteiger partial charge in [-0.25, -0.2) is 4.79 Å². The molecule has 1 heterocycles. The molecule has 25 heavy (non-hydrogen) atoms. The highest BCUT2D eigenvalue weighted by atomic mass is 32.2. The summed E-state index contributed by atoms with van der Waals surface area (Å²) in [7, 11) is -3.50. The minimum atomic E-state index is -3.50. The highest BCUT2D eigenvalue weighted by Gasteiger charge is 2.47. The predicted molar refractivity (Wildman–Crippen MR) is 95.6 cm³/mol. The van der Waals surface area contributed by atoms with Gasteiger partial charge in [-0.1, -0.05) is 12.2 Å². The van der Waals surface area contributed by atoms with E-state index in [1.165, 1.54) is 0 Å². The van der Waals surface area contributed by atoms with Gasteiger partial charge in [0.1, 0.15) is 11.3 Å². The molecular weight excluding hydrogens is 346 g/mol. The lowest BCUT2D eigenvalue weighted by atomic mass is 9.95. The second kappa shape index (κ2) is 8.05. The number of nitrogens with zero attached hydrogens (tertiary/aromatic N) is 1. The smallest absolute Gasteiger partial charge is 0.412 e. The van der Waals surface area contributed by atoms with Crippen molar-refractivity contribution >= 4 is 16.2 Å². The third-order valence-corrected chi connectivity index (χ3v) is 4.39. The van der Waals surface area contributed by atoms with E-state index in [9.17, 15) is 13.2 Å². The summed E-state index contributed by atoms with van der Waals surface area (Å²) in [4.78, 5) is 14.3. The molecule has 0 aliphatic carbocycles.